The van der Waals surface area contributed by atoms with Crippen molar-refractivity contribution in [3.05, 3.63) is 29.8 Å². The molecule has 0 aromatic heterocycles. The first kappa shape index (κ1) is 24.0. The number of carbonyl (C=O) groups excluding carboxylic acids is 1. The standard InChI is InChI=1S/C19H29N3O3.2ClH/c1-24-17-6-4-16(5-7-17)18(22-8-10-25-11-9-22)13-21-19(23)14-20-12-15-2-3-15;;/h4-7,15,18,20H,2-3,8-14H2,1H3,(H,21,23);2*1H. The van der Waals surface area contributed by atoms with Gasteiger partial charge < -0.3 is 20.1 Å². The van der Waals surface area contributed by atoms with Crippen molar-refractivity contribution in [2.75, 3.05) is 53.0 Å². The monoisotopic (exact) mass is 419 g/mol. The summed E-state index contributed by atoms with van der Waals surface area (Å²) in [5.74, 6) is 1.69. The quantitative estimate of drug-likeness (QED) is 0.640. The SMILES string of the molecule is COc1ccc(C(CNC(=O)CNCC2CC2)N2CCOCC2)cc1.Cl.Cl. The molecule has 0 spiro atoms. The van der Waals surface area contributed by atoms with Gasteiger partial charge in [-0.2, -0.15) is 0 Å². The van der Waals surface area contributed by atoms with Gasteiger partial charge in [-0.05, 0) is 43.0 Å². The van der Waals surface area contributed by atoms with Crippen molar-refractivity contribution >= 4 is 30.7 Å². The Labute approximate surface area is 174 Å². The average Bonchev–Trinajstić information content (AvgIpc) is 3.48. The van der Waals surface area contributed by atoms with E-state index >= 15 is 0 Å². The zero-order valence-electron chi connectivity index (χ0n) is 15.8. The lowest BCUT2D eigenvalue weighted by Crippen LogP contribution is -2.45. The Hall–Kier alpha value is -1.05. The highest BCUT2D eigenvalue weighted by atomic mass is 35.5. The molecule has 1 aromatic carbocycles. The predicted molar refractivity (Wildman–Crippen MR) is 111 cm³/mol. The molecule has 1 unspecified atom stereocenters. The number of halogens is 2. The molecule has 1 amide bonds. The first-order valence-electron chi connectivity index (χ1n) is 9.19. The van der Waals surface area contributed by atoms with E-state index in [1.54, 1.807) is 7.11 Å². The summed E-state index contributed by atoms with van der Waals surface area (Å²) in [4.78, 5) is 14.5. The zero-order valence-corrected chi connectivity index (χ0v) is 17.4. The van der Waals surface area contributed by atoms with E-state index in [0.717, 1.165) is 44.5 Å². The van der Waals surface area contributed by atoms with Gasteiger partial charge in [0.1, 0.15) is 5.75 Å². The van der Waals surface area contributed by atoms with Crippen molar-refractivity contribution in [2.24, 2.45) is 5.92 Å². The van der Waals surface area contributed by atoms with Gasteiger partial charge in [-0.15, -0.1) is 24.8 Å². The second-order valence-electron chi connectivity index (χ2n) is 6.82. The minimum Gasteiger partial charge on any atom is -0.497 e. The molecule has 1 saturated heterocycles. The van der Waals surface area contributed by atoms with Gasteiger partial charge in [0, 0.05) is 19.6 Å². The van der Waals surface area contributed by atoms with E-state index in [4.69, 9.17) is 9.47 Å². The first-order chi connectivity index (χ1) is 12.3. The summed E-state index contributed by atoms with van der Waals surface area (Å²) in [6, 6.07) is 8.26. The van der Waals surface area contributed by atoms with Gasteiger partial charge in [0.15, 0.2) is 0 Å². The van der Waals surface area contributed by atoms with Gasteiger partial charge in [-0.1, -0.05) is 12.1 Å². The van der Waals surface area contributed by atoms with Crippen LogP contribution in [-0.2, 0) is 9.53 Å². The molecule has 8 heteroatoms. The Morgan fingerprint density at radius 3 is 2.48 bits per heavy atom. The smallest absolute Gasteiger partial charge is 0.234 e. The van der Waals surface area contributed by atoms with Gasteiger partial charge in [0.25, 0.3) is 0 Å². The number of nitrogens with one attached hydrogen (secondary N) is 2. The number of ether oxygens (including phenoxy) is 2. The largest absolute Gasteiger partial charge is 0.497 e. The van der Waals surface area contributed by atoms with Crippen molar-refractivity contribution < 1.29 is 14.3 Å². The van der Waals surface area contributed by atoms with E-state index in [1.165, 1.54) is 18.4 Å². The van der Waals surface area contributed by atoms with E-state index in [2.05, 4.69) is 27.7 Å². The molecule has 1 saturated carbocycles. The molecular weight excluding hydrogens is 389 g/mol. The minimum atomic E-state index is 0. The van der Waals surface area contributed by atoms with Crippen LogP contribution in [0.15, 0.2) is 24.3 Å². The van der Waals surface area contributed by atoms with Crippen molar-refractivity contribution in [1.82, 2.24) is 15.5 Å². The van der Waals surface area contributed by atoms with Crippen LogP contribution in [0, 0.1) is 5.92 Å². The molecule has 0 radical (unpaired) electrons. The highest BCUT2D eigenvalue weighted by molar-refractivity contribution is 5.85. The number of amides is 1. The molecule has 2 fully saturated rings. The maximum absolute atomic E-state index is 12.1. The van der Waals surface area contributed by atoms with Crippen molar-refractivity contribution in [3.8, 4) is 5.75 Å². The molecule has 3 rings (SSSR count). The topological polar surface area (TPSA) is 62.8 Å². The fourth-order valence-corrected chi connectivity index (χ4v) is 3.16. The molecule has 0 bridgehead atoms. The molecule has 1 heterocycles. The first-order valence-corrected chi connectivity index (χ1v) is 9.19. The van der Waals surface area contributed by atoms with Gasteiger partial charge in [-0.3, -0.25) is 9.69 Å². The van der Waals surface area contributed by atoms with E-state index in [0.29, 0.717) is 13.1 Å². The summed E-state index contributed by atoms with van der Waals surface area (Å²) in [6.07, 6.45) is 2.59. The summed E-state index contributed by atoms with van der Waals surface area (Å²) < 4.78 is 10.7. The third-order valence-electron chi connectivity index (χ3n) is 4.90. The normalized spacial score (nSPS) is 18.0. The van der Waals surface area contributed by atoms with Gasteiger partial charge in [0.05, 0.1) is 32.9 Å². The number of rotatable bonds is 9. The number of nitrogens with zero attached hydrogens (tertiary/aromatic N) is 1. The summed E-state index contributed by atoms with van der Waals surface area (Å²) in [5.41, 5.74) is 1.19. The summed E-state index contributed by atoms with van der Waals surface area (Å²) in [6.45, 7) is 5.20. The number of hydrogen-bond donors (Lipinski definition) is 2. The molecule has 6 nitrogen and oxygen atoms in total. The summed E-state index contributed by atoms with van der Waals surface area (Å²) >= 11 is 0. The molecule has 1 aromatic rings. The number of morpholine rings is 1. The molecule has 2 N–H and O–H groups in total. The Bertz CT molecular complexity index is 550. The highest BCUT2D eigenvalue weighted by Crippen LogP contribution is 2.27. The van der Waals surface area contributed by atoms with Crippen LogP contribution in [0.4, 0.5) is 0 Å². The lowest BCUT2D eigenvalue weighted by Gasteiger charge is -2.35. The Balaban J connectivity index is 0.00000182. The van der Waals surface area contributed by atoms with Crippen LogP contribution in [0.3, 0.4) is 0 Å². The van der Waals surface area contributed by atoms with Crippen LogP contribution in [-0.4, -0.2) is 63.9 Å². The van der Waals surface area contributed by atoms with Gasteiger partial charge in [-0.25, -0.2) is 0 Å². The third kappa shape index (κ3) is 7.84. The Morgan fingerprint density at radius 1 is 1.22 bits per heavy atom. The average molecular weight is 420 g/mol. The summed E-state index contributed by atoms with van der Waals surface area (Å²) in [7, 11) is 1.67. The highest BCUT2D eigenvalue weighted by Gasteiger charge is 2.24. The van der Waals surface area contributed by atoms with Gasteiger partial charge >= 0.3 is 0 Å². The van der Waals surface area contributed by atoms with E-state index in [1.807, 2.05) is 12.1 Å². The second-order valence-corrected chi connectivity index (χ2v) is 6.82. The number of hydrogen-bond acceptors (Lipinski definition) is 5. The Morgan fingerprint density at radius 2 is 1.89 bits per heavy atom. The summed E-state index contributed by atoms with van der Waals surface area (Å²) in [5, 5.41) is 6.33. The molecule has 27 heavy (non-hydrogen) atoms. The van der Waals surface area contributed by atoms with Crippen LogP contribution in [0.5, 0.6) is 5.75 Å². The molecule has 1 aliphatic heterocycles. The minimum absolute atomic E-state index is 0. The van der Waals surface area contributed by atoms with Crippen LogP contribution >= 0.6 is 24.8 Å². The van der Waals surface area contributed by atoms with Gasteiger partial charge in [0.2, 0.25) is 5.91 Å². The maximum Gasteiger partial charge on any atom is 0.234 e. The number of methoxy groups -OCH3 is 1. The van der Waals surface area contributed by atoms with Crippen LogP contribution in [0.2, 0.25) is 0 Å². The van der Waals surface area contributed by atoms with Crippen LogP contribution in [0.25, 0.3) is 0 Å². The molecular formula is C19H31Cl2N3O3. The van der Waals surface area contributed by atoms with Crippen molar-refractivity contribution in [3.63, 3.8) is 0 Å². The second kappa shape index (κ2) is 12.4. The molecule has 1 atom stereocenters. The lowest BCUT2D eigenvalue weighted by atomic mass is 10.0. The zero-order chi connectivity index (χ0) is 17.5. The van der Waals surface area contributed by atoms with Crippen molar-refractivity contribution in [1.29, 1.82) is 0 Å². The third-order valence-corrected chi connectivity index (χ3v) is 4.90. The fourth-order valence-electron chi connectivity index (χ4n) is 3.16. The molecule has 1 aliphatic carbocycles. The van der Waals surface area contributed by atoms with Crippen LogP contribution in [0.1, 0.15) is 24.4 Å². The van der Waals surface area contributed by atoms with E-state index < -0.39 is 0 Å². The van der Waals surface area contributed by atoms with Crippen LogP contribution < -0.4 is 15.4 Å². The molecule has 154 valence electrons. The maximum atomic E-state index is 12.1. The van der Waals surface area contributed by atoms with E-state index in [9.17, 15) is 4.79 Å². The van der Waals surface area contributed by atoms with Crippen molar-refractivity contribution in [2.45, 2.75) is 18.9 Å². The predicted octanol–water partition coefficient (Wildman–Crippen LogP) is 2.03. The lowest BCUT2D eigenvalue weighted by molar-refractivity contribution is -0.120. The fraction of sp³-hybridized carbons (Fsp3) is 0.632. The number of benzene rings is 1. The number of carbonyl (C=O) groups is 1. The van der Waals surface area contributed by atoms with E-state index in [-0.39, 0.29) is 36.8 Å². The molecule has 2 aliphatic rings. The Kier molecular flexibility index (Phi) is 11.0.